The normalized spacial score (nSPS) is 16.8. The maximum atomic E-state index is 13.4. The van der Waals surface area contributed by atoms with Gasteiger partial charge in [0, 0.05) is 11.3 Å². The smallest absolute Gasteiger partial charge is 0.266 e. The fourth-order valence-corrected chi connectivity index (χ4v) is 7.81. The van der Waals surface area contributed by atoms with Crippen molar-refractivity contribution in [2.45, 2.75) is 11.6 Å². The minimum atomic E-state index is -1.20. The summed E-state index contributed by atoms with van der Waals surface area (Å²) in [5, 5.41) is 31.0. The van der Waals surface area contributed by atoms with Gasteiger partial charge in [-0.15, -0.1) is 0 Å². The molecule has 8 heteroatoms. The van der Waals surface area contributed by atoms with Crippen molar-refractivity contribution in [1.29, 1.82) is 0 Å². The van der Waals surface area contributed by atoms with Gasteiger partial charge in [-0.1, -0.05) is 78.9 Å². The molecule has 0 saturated heterocycles. The van der Waals surface area contributed by atoms with E-state index in [1.54, 1.807) is 18.2 Å². The molecule has 0 radical (unpaired) electrons. The van der Waals surface area contributed by atoms with E-state index in [1.165, 1.54) is 35.2 Å². The molecule has 2 aliphatic heterocycles. The predicted molar refractivity (Wildman–Crippen MR) is 183 cm³/mol. The summed E-state index contributed by atoms with van der Waals surface area (Å²) in [6.45, 7) is 0. The molecule has 6 aromatic carbocycles. The second kappa shape index (κ2) is 10.2. The Bertz CT molecular complexity index is 2350. The highest BCUT2D eigenvalue weighted by atomic mass is 16.3. The Hall–Kier alpha value is -6.51. The Morgan fingerprint density at radius 3 is 1.61 bits per heavy atom. The maximum absolute atomic E-state index is 13.4. The standard InChI is InChI=1S/C41H26N2O6/c44-27-17-19-31-33(21-27)39(48)42(37(31)46)25-13-9-23(10-14-25)41(35-7-3-1-5-29(35)30-6-2-4-8-36(30)41)24-11-15-26(16-12-24)43-38(47)32-20-18-28(45)22-34(32)40(43)49/h1-22,37,44-46H. The Labute approximate surface area is 280 Å². The minimum absolute atomic E-state index is 0.0506. The van der Waals surface area contributed by atoms with Crippen molar-refractivity contribution < 1.29 is 29.7 Å². The predicted octanol–water partition coefficient (Wildman–Crippen LogP) is 6.91. The van der Waals surface area contributed by atoms with Gasteiger partial charge in [-0.3, -0.25) is 19.3 Å². The van der Waals surface area contributed by atoms with Gasteiger partial charge in [0.05, 0.1) is 27.8 Å². The first kappa shape index (κ1) is 28.7. The third-order valence-electron chi connectivity index (χ3n) is 9.97. The highest BCUT2D eigenvalue weighted by Crippen LogP contribution is 2.56. The first-order chi connectivity index (χ1) is 23.8. The lowest BCUT2D eigenvalue weighted by Gasteiger charge is -2.34. The summed E-state index contributed by atoms with van der Waals surface area (Å²) in [4.78, 5) is 42.5. The minimum Gasteiger partial charge on any atom is -0.508 e. The van der Waals surface area contributed by atoms with Crippen molar-refractivity contribution in [3.63, 3.8) is 0 Å². The molecule has 0 aromatic heterocycles. The molecule has 9 rings (SSSR count). The number of imide groups is 1. The third-order valence-corrected chi connectivity index (χ3v) is 9.97. The van der Waals surface area contributed by atoms with Crippen molar-refractivity contribution in [3.8, 4) is 22.6 Å². The molecule has 1 aliphatic carbocycles. The van der Waals surface area contributed by atoms with Crippen molar-refractivity contribution in [2.24, 2.45) is 0 Å². The fraction of sp³-hybridized carbons (Fsp3) is 0.0488. The first-order valence-electron chi connectivity index (χ1n) is 15.8. The van der Waals surface area contributed by atoms with Crippen LogP contribution in [-0.4, -0.2) is 33.0 Å². The number of nitrogens with zero attached hydrogens (tertiary/aromatic N) is 2. The van der Waals surface area contributed by atoms with E-state index >= 15 is 0 Å². The van der Waals surface area contributed by atoms with Gasteiger partial charge in [0.2, 0.25) is 0 Å². The molecular formula is C41H26N2O6. The van der Waals surface area contributed by atoms with Crippen LogP contribution >= 0.6 is 0 Å². The lowest BCUT2D eigenvalue weighted by Crippen LogP contribution is -2.31. The zero-order valence-electron chi connectivity index (χ0n) is 25.7. The number of rotatable bonds is 4. The molecule has 6 aromatic rings. The number of hydrogen-bond acceptors (Lipinski definition) is 6. The Kier molecular flexibility index (Phi) is 6.00. The summed E-state index contributed by atoms with van der Waals surface area (Å²) in [5.74, 6) is -1.50. The number of fused-ring (bicyclic) bond motifs is 5. The highest BCUT2D eigenvalue weighted by molar-refractivity contribution is 6.34. The van der Waals surface area contributed by atoms with Gasteiger partial charge in [0.25, 0.3) is 17.7 Å². The van der Waals surface area contributed by atoms with E-state index in [-0.39, 0.29) is 28.2 Å². The van der Waals surface area contributed by atoms with Crippen LogP contribution < -0.4 is 9.80 Å². The lowest BCUT2D eigenvalue weighted by molar-refractivity contribution is 0.0917. The molecule has 8 nitrogen and oxygen atoms in total. The first-order valence-corrected chi connectivity index (χ1v) is 15.8. The van der Waals surface area contributed by atoms with Crippen LogP contribution in [0, 0.1) is 0 Å². The summed E-state index contributed by atoms with van der Waals surface area (Å²) in [7, 11) is 0. The topological polar surface area (TPSA) is 118 Å². The molecule has 2 heterocycles. The van der Waals surface area contributed by atoms with Crippen LogP contribution in [0.3, 0.4) is 0 Å². The Morgan fingerprint density at radius 1 is 0.490 bits per heavy atom. The second-order valence-corrected chi connectivity index (χ2v) is 12.4. The molecule has 0 spiro atoms. The van der Waals surface area contributed by atoms with Crippen LogP contribution in [0.25, 0.3) is 11.1 Å². The molecule has 49 heavy (non-hydrogen) atoms. The number of aliphatic hydroxyl groups excluding tert-OH is 1. The number of phenols is 2. The molecule has 1 unspecified atom stereocenters. The van der Waals surface area contributed by atoms with Crippen molar-refractivity contribution in [2.75, 3.05) is 9.80 Å². The van der Waals surface area contributed by atoms with E-state index < -0.39 is 29.4 Å². The summed E-state index contributed by atoms with van der Waals surface area (Å²) < 4.78 is 0. The number of amides is 3. The maximum Gasteiger partial charge on any atom is 0.266 e. The monoisotopic (exact) mass is 642 g/mol. The quantitative estimate of drug-likeness (QED) is 0.180. The molecule has 3 aliphatic rings. The van der Waals surface area contributed by atoms with Crippen LogP contribution in [0.15, 0.2) is 133 Å². The van der Waals surface area contributed by atoms with Gasteiger partial charge in [0.15, 0.2) is 6.23 Å². The van der Waals surface area contributed by atoms with Gasteiger partial charge in [-0.05, 0) is 88.0 Å². The molecule has 3 N–H and O–H groups in total. The average molecular weight is 643 g/mol. The summed E-state index contributed by atoms with van der Waals surface area (Å²) in [6.07, 6.45) is -1.20. The van der Waals surface area contributed by atoms with Crippen molar-refractivity contribution >= 4 is 29.1 Å². The van der Waals surface area contributed by atoms with Gasteiger partial charge in [-0.25, -0.2) is 4.90 Å². The zero-order chi connectivity index (χ0) is 33.6. The van der Waals surface area contributed by atoms with E-state index in [0.29, 0.717) is 16.9 Å². The Balaban J connectivity index is 1.17. The summed E-state index contributed by atoms with van der Waals surface area (Å²) in [5.41, 5.74) is 7.24. The summed E-state index contributed by atoms with van der Waals surface area (Å²) >= 11 is 0. The SMILES string of the molecule is O=C1c2ccc(O)cc2C(=O)N1c1ccc(C2(c3ccc(N4C(=O)c5cc(O)ccc5C4O)cc3)c3ccccc3-c3ccccc32)cc1. The van der Waals surface area contributed by atoms with E-state index in [4.69, 9.17) is 0 Å². The van der Waals surface area contributed by atoms with E-state index in [0.717, 1.165) is 38.3 Å². The van der Waals surface area contributed by atoms with Crippen LogP contribution in [0.2, 0.25) is 0 Å². The number of phenolic OH excluding ortho intramolecular Hbond substituents is 2. The summed E-state index contributed by atoms with van der Waals surface area (Å²) in [6, 6.07) is 39.9. The number of carbonyl (C=O) groups excluding carboxylic acids is 3. The third kappa shape index (κ3) is 3.86. The number of carbonyl (C=O) groups is 3. The number of aliphatic hydroxyl groups is 1. The van der Waals surface area contributed by atoms with Crippen LogP contribution in [0.1, 0.15) is 65.1 Å². The van der Waals surface area contributed by atoms with Crippen LogP contribution in [-0.2, 0) is 5.41 Å². The van der Waals surface area contributed by atoms with E-state index in [1.807, 2.05) is 60.7 Å². The molecule has 1 atom stereocenters. The van der Waals surface area contributed by atoms with Gasteiger partial charge in [-0.2, -0.15) is 0 Å². The largest absolute Gasteiger partial charge is 0.508 e. The van der Waals surface area contributed by atoms with Gasteiger partial charge >= 0.3 is 0 Å². The number of hydrogen-bond donors (Lipinski definition) is 3. The molecule has 236 valence electrons. The number of benzene rings is 6. The van der Waals surface area contributed by atoms with Gasteiger partial charge < -0.3 is 15.3 Å². The fourth-order valence-electron chi connectivity index (χ4n) is 7.81. The van der Waals surface area contributed by atoms with Crippen molar-refractivity contribution in [1.82, 2.24) is 0 Å². The van der Waals surface area contributed by atoms with E-state index in [2.05, 4.69) is 24.3 Å². The average Bonchev–Trinajstić information content (AvgIpc) is 3.66. The molecule has 3 amide bonds. The zero-order valence-corrected chi connectivity index (χ0v) is 25.7. The van der Waals surface area contributed by atoms with Gasteiger partial charge in [0.1, 0.15) is 11.5 Å². The number of aromatic hydroxyl groups is 2. The number of anilines is 2. The molecule has 0 bridgehead atoms. The van der Waals surface area contributed by atoms with E-state index in [9.17, 15) is 29.7 Å². The lowest BCUT2D eigenvalue weighted by atomic mass is 9.67. The Morgan fingerprint density at radius 2 is 1.00 bits per heavy atom. The molecular weight excluding hydrogens is 616 g/mol. The molecule has 0 fully saturated rings. The second-order valence-electron chi connectivity index (χ2n) is 12.4. The van der Waals surface area contributed by atoms with Crippen molar-refractivity contribution in [3.05, 3.63) is 178 Å². The van der Waals surface area contributed by atoms with Crippen LogP contribution in [0.4, 0.5) is 11.4 Å². The van der Waals surface area contributed by atoms with Crippen LogP contribution in [0.5, 0.6) is 11.5 Å². The highest BCUT2D eigenvalue weighted by Gasteiger charge is 2.47. The molecule has 0 saturated carbocycles.